The van der Waals surface area contributed by atoms with Gasteiger partial charge in [-0.1, -0.05) is 6.92 Å². The minimum absolute atomic E-state index is 0.103. The predicted octanol–water partition coefficient (Wildman–Crippen LogP) is 1.01. The number of ether oxygens (including phenoxy) is 1. The summed E-state index contributed by atoms with van der Waals surface area (Å²) in [6, 6.07) is 0.659. The summed E-state index contributed by atoms with van der Waals surface area (Å²) < 4.78 is 4.87. The van der Waals surface area contributed by atoms with Gasteiger partial charge in [-0.2, -0.15) is 0 Å². The number of rotatable bonds is 7. The van der Waals surface area contributed by atoms with Gasteiger partial charge in [0.15, 0.2) is 0 Å². The third-order valence-electron chi connectivity index (χ3n) is 3.10. The fourth-order valence-electron chi connectivity index (χ4n) is 2.23. The van der Waals surface area contributed by atoms with E-state index >= 15 is 0 Å². The van der Waals surface area contributed by atoms with Gasteiger partial charge in [0, 0.05) is 19.1 Å². The number of nitrogens with one attached hydrogen (secondary N) is 1. The number of likely N-dealkylation sites (N-methyl/N-ethyl adjacent to an activating group) is 1. The first-order chi connectivity index (χ1) is 7.77. The van der Waals surface area contributed by atoms with Crippen LogP contribution in [0, 0.1) is 0 Å². The van der Waals surface area contributed by atoms with E-state index in [1.165, 1.54) is 19.4 Å². The Morgan fingerprint density at radius 2 is 2.31 bits per heavy atom. The largest absolute Gasteiger partial charge is 0.466 e. The quantitative estimate of drug-likeness (QED) is 0.522. The molecule has 16 heavy (non-hydrogen) atoms. The third kappa shape index (κ3) is 4.49. The van der Waals surface area contributed by atoms with Crippen molar-refractivity contribution in [3.05, 3.63) is 0 Å². The molecule has 1 fully saturated rings. The highest BCUT2D eigenvalue weighted by Gasteiger charge is 2.21. The van der Waals surface area contributed by atoms with Crippen molar-refractivity contribution < 1.29 is 9.53 Å². The van der Waals surface area contributed by atoms with Crippen LogP contribution in [0.4, 0.5) is 0 Å². The standard InChI is InChI=1S/C12H24N2O2/c1-3-14-9-5-6-11(14)10-13-8-7-12(15)16-4-2/h11,13H,3-10H2,1-2H3/t11-/m0/s1. The van der Waals surface area contributed by atoms with Gasteiger partial charge in [0.25, 0.3) is 0 Å². The number of hydrogen-bond acceptors (Lipinski definition) is 4. The van der Waals surface area contributed by atoms with E-state index in [4.69, 9.17) is 4.74 Å². The van der Waals surface area contributed by atoms with Crippen LogP contribution in [0.15, 0.2) is 0 Å². The molecule has 0 aliphatic carbocycles. The molecule has 0 saturated carbocycles. The summed E-state index contributed by atoms with van der Waals surface area (Å²) in [5.74, 6) is -0.103. The molecular weight excluding hydrogens is 204 g/mol. The Bertz CT molecular complexity index is 209. The summed E-state index contributed by atoms with van der Waals surface area (Å²) in [5.41, 5.74) is 0. The van der Waals surface area contributed by atoms with Crippen LogP contribution >= 0.6 is 0 Å². The Labute approximate surface area is 98.3 Å². The van der Waals surface area contributed by atoms with E-state index in [1.54, 1.807) is 0 Å². The number of likely N-dealkylation sites (tertiary alicyclic amines) is 1. The van der Waals surface area contributed by atoms with Gasteiger partial charge in [-0.15, -0.1) is 0 Å². The van der Waals surface area contributed by atoms with E-state index in [2.05, 4.69) is 17.1 Å². The van der Waals surface area contributed by atoms with Crippen LogP contribution in [0.3, 0.4) is 0 Å². The molecule has 1 atom stereocenters. The van der Waals surface area contributed by atoms with Crippen molar-refractivity contribution in [2.75, 3.05) is 32.8 Å². The van der Waals surface area contributed by atoms with Gasteiger partial charge in [0.05, 0.1) is 13.0 Å². The Kier molecular flexibility index (Phi) is 6.42. The van der Waals surface area contributed by atoms with Crippen LogP contribution in [-0.2, 0) is 9.53 Å². The maximum absolute atomic E-state index is 11.1. The monoisotopic (exact) mass is 228 g/mol. The maximum Gasteiger partial charge on any atom is 0.307 e. The topological polar surface area (TPSA) is 41.6 Å². The van der Waals surface area contributed by atoms with Crippen molar-refractivity contribution in [1.82, 2.24) is 10.2 Å². The third-order valence-corrected chi connectivity index (χ3v) is 3.10. The summed E-state index contributed by atoms with van der Waals surface area (Å²) in [4.78, 5) is 13.6. The number of nitrogens with zero attached hydrogens (tertiary/aromatic N) is 1. The van der Waals surface area contributed by atoms with Crippen molar-refractivity contribution in [2.45, 2.75) is 39.2 Å². The molecule has 0 aromatic carbocycles. The zero-order chi connectivity index (χ0) is 11.8. The Morgan fingerprint density at radius 3 is 3.00 bits per heavy atom. The van der Waals surface area contributed by atoms with Crippen LogP contribution in [0.1, 0.15) is 33.1 Å². The average Bonchev–Trinajstić information content (AvgIpc) is 2.72. The van der Waals surface area contributed by atoms with Crippen molar-refractivity contribution in [3.63, 3.8) is 0 Å². The van der Waals surface area contributed by atoms with Gasteiger partial charge in [0.1, 0.15) is 0 Å². The van der Waals surface area contributed by atoms with Gasteiger partial charge in [-0.3, -0.25) is 9.69 Å². The number of esters is 1. The van der Waals surface area contributed by atoms with Crippen LogP contribution in [0.2, 0.25) is 0 Å². The smallest absolute Gasteiger partial charge is 0.307 e. The second-order valence-electron chi connectivity index (χ2n) is 4.18. The Hall–Kier alpha value is -0.610. The van der Waals surface area contributed by atoms with Crippen LogP contribution in [0.25, 0.3) is 0 Å². The second kappa shape index (κ2) is 7.63. The first-order valence-corrected chi connectivity index (χ1v) is 6.38. The molecule has 4 heteroatoms. The van der Waals surface area contributed by atoms with E-state index in [0.29, 0.717) is 19.1 Å². The molecule has 0 unspecified atom stereocenters. The summed E-state index contributed by atoms with van der Waals surface area (Å²) in [6.07, 6.45) is 3.06. The SMILES string of the molecule is CCOC(=O)CCNC[C@@H]1CCCN1CC. The van der Waals surface area contributed by atoms with Crippen molar-refractivity contribution >= 4 is 5.97 Å². The molecule has 1 saturated heterocycles. The molecule has 0 radical (unpaired) electrons. The van der Waals surface area contributed by atoms with Gasteiger partial charge < -0.3 is 10.1 Å². The summed E-state index contributed by atoms with van der Waals surface area (Å²) >= 11 is 0. The summed E-state index contributed by atoms with van der Waals surface area (Å²) in [7, 11) is 0. The highest BCUT2D eigenvalue weighted by Crippen LogP contribution is 2.15. The molecular formula is C12H24N2O2. The van der Waals surface area contributed by atoms with Crippen LogP contribution in [0.5, 0.6) is 0 Å². The van der Waals surface area contributed by atoms with Crippen molar-refractivity contribution in [1.29, 1.82) is 0 Å². The molecule has 1 N–H and O–H groups in total. The van der Waals surface area contributed by atoms with Gasteiger partial charge in [-0.05, 0) is 32.9 Å². The lowest BCUT2D eigenvalue weighted by Gasteiger charge is -2.22. The normalized spacial score (nSPS) is 21.2. The van der Waals surface area contributed by atoms with E-state index < -0.39 is 0 Å². The van der Waals surface area contributed by atoms with E-state index in [-0.39, 0.29) is 5.97 Å². The second-order valence-corrected chi connectivity index (χ2v) is 4.18. The minimum Gasteiger partial charge on any atom is -0.466 e. The molecule has 1 aliphatic heterocycles. The molecule has 1 aliphatic rings. The number of carbonyl (C=O) groups excluding carboxylic acids is 1. The maximum atomic E-state index is 11.1. The first-order valence-electron chi connectivity index (χ1n) is 6.38. The fourth-order valence-corrected chi connectivity index (χ4v) is 2.23. The zero-order valence-electron chi connectivity index (χ0n) is 10.5. The summed E-state index contributed by atoms with van der Waals surface area (Å²) in [5, 5.41) is 3.34. The number of hydrogen-bond donors (Lipinski definition) is 1. The molecule has 0 aromatic rings. The van der Waals surface area contributed by atoms with Crippen LogP contribution < -0.4 is 5.32 Å². The van der Waals surface area contributed by atoms with Gasteiger partial charge >= 0.3 is 5.97 Å². The molecule has 1 heterocycles. The van der Waals surface area contributed by atoms with E-state index in [9.17, 15) is 4.79 Å². The zero-order valence-corrected chi connectivity index (χ0v) is 10.5. The number of carbonyl (C=O) groups is 1. The highest BCUT2D eigenvalue weighted by atomic mass is 16.5. The first kappa shape index (κ1) is 13.5. The molecule has 0 amide bonds. The van der Waals surface area contributed by atoms with Gasteiger partial charge in [-0.25, -0.2) is 0 Å². The summed E-state index contributed by atoms with van der Waals surface area (Å²) in [6.45, 7) is 8.59. The van der Waals surface area contributed by atoms with Crippen molar-refractivity contribution in [3.8, 4) is 0 Å². The lowest BCUT2D eigenvalue weighted by molar-refractivity contribution is -0.142. The van der Waals surface area contributed by atoms with E-state index in [0.717, 1.165) is 19.6 Å². The lowest BCUT2D eigenvalue weighted by atomic mass is 10.2. The molecule has 0 bridgehead atoms. The molecule has 4 nitrogen and oxygen atoms in total. The molecule has 94 valence electrons. The van der Waals surface area contributed by atoms with Crippen LogP contribution in [-0.4, -0.2) is 49.7 Å². The molecule has 0 aromatic heterocycles. The van der Waals surface area contributed by atoms with E-state index in [1.807, 2.05) is 6.92 Å². The Morgan fingerprint density at radius 1 is 1.50 bits per heavy atom. The molecule has 0 spiro atoms. The average molecular weight is 228 g/mol. The lowest BCUT2D eigenvalue weighted by Crippen LogP contribution is -2.38. The molecule has 1 rings (SSSR count). The van der Waals surface area contributed by atoms with Gasteiger partial charge in [0.2, 0.25) is 0 Å². The van der Waals surface area contributed by atoms with Crippen molar-refractivity contribution in [2.24, 2.45) is 0 Å². The fraction of sp³-hybridized carbons (Fsp3) is 0.917. The highest BCUT2D eigenvalue weighted by molar-refractivity contribution is 5.69. The Balaban J connectivity index is 2.04. The predicted molar refractivity (Wildman–Crippen MR) is 64.4 cm³/mol. The minimum atomic E-state index is -0.103.